The third kappa shape index (κ3) is 6.09. The van der Waals surface area contributed by atoms with Gasteiger partial charge in [0.2, 0.25) is 5.91 Å². The number of carbonyl (C=O) groups excluding carboxylic acids is 1. The molecule has 3 heteroatoms. The topological polar surface area (TPSA) is 29.1 Å². The molecule has 0 aliphatic carbocycles. The zero-order valence-corrected chi connectivity index (χ0v) is 7.79. The van der Waals surface area contributed by atoms with Crippen LogP contribution in [0.1, 0.15) is 13.3 Å². The van der Waals surface area contributed by atoms with Gasteiger partial charge in [-0.05, 0) is 0 Å². The van der Waals surface area contributed by atoms with Crippen LogP contribution in [0.4, 0.5) is 0 Å². The summed E-state index contributed by atoms with van der Waals surface area (Å²) in [5.74, 6) is 0.0926. The first-order chi connectivity index (χ1) is 2.81. The molecular weight excluding hydrogens is 143 g/mol. The van der Waals surface area contributed by atoms with Crippen molar-refractivity contribution in [2.45, 2.75) is 13.3 Å². The van der Waals surface area contributed by atoms with Gasteiger partial charge in [-0.25, -0.2) is 0 Å². The molecule has 0 spiro atoms. The van der Waals surface area contributed by atoms with Gasteiger partial charge in [0.25, 0.3) is 0 Å². The van der Waals surface area contributed by atoms with Crippen LogP contribution in [0.15, 0.2) is 0 Å². The minimum Gasteiger partial charge on any atom is -0.359 e. The van der Waals surface area contributed by atoms with Gasteiger partial charge in [-0.3, -0.25) is 4.79 Å². The quantitative estimate of drug-likeness (QED) is 0.532. The van der Waals surface area contributed by atoms with E-state index in [9.17, 15) is 4.79 Å². The van der Waals surface area contributed by atoms with Crippen molar-refractivity contribution < 1.29 is 24.3 Å². The second kappa shape index (κ2) is 6.09. The average molecular weight is 153 g/mol. The van der Waals surface area contributed by atoms with E-state index in [0.717, 1.165) is 0 Å². The number of nitrogens with one attached hydrogen (secondary N) is 1. The van der Waals surface area contributed by atoms with Gasteiger partial charge >= 0.3 is 0 Å². The molecule has 0 radical (unpaired) electrons. The van der Waals surface area contributed by atoms with Crippen LogP contribution in [0.3, 0.4) is 0 Å². The molecule has 0 heterocycles. The second-order valence-corrected chi connectivity index (χ2v) is 1.03. The Bertz CT molecular complexity index is 49.7. The predicted molar refractivity (Wildman–Crippen MR) is 24.4 cm³/mol. The normalized spacial score (nSPS) is 6.57. The van der Waals surface area contributed by atoms with Gasteiger partial charge in [0.05, 0.1) is 0 Å². The van der Waals surface area contributed by atoms with Gasteiger partial charge in [-0.15, -0.1) is 0 Å². The van der Waals surface area contributed by atoms with E-state index in [1.807, 2.05) is 6.92 Å². The van der Waals surface area contributed by atoms with Crippen molar-refractivity contribution in [2.24, 2.45) is 0 Å². The third-order valence-corrected chi connectivity index (χ3v) is 0.600. The fraction of sp³-hybridized carbons (Fsp3) is 0.750. The maximum Gasteiger partial charge on any atom is 0.219 e. The van der Waals surface area contributed by atoms with E-state index < -0.39 is 0 Å². The standard InChI is InChI=1S/C4H9NO.Zn/c1-3-4(6)5-2;/h3H2,1-2H3,(H,5,6);. The molecule has 2 nitrogen and oxygen atoms in total. The van der Waals surface area contributed by atoms with Gasteiger partial charge in [-0.2, -0.15) is 0 Å². The van der Waals surface area contributed by atoms with Gasteiger partial charge < -0.3 is 5.32 Å². The van der Waals surface area contributed by atoms with Crippen molar-refractivity contribution in [3.63, 3.8) is 0 Å². The average Bonchev–Trinajstić information content (AvgIpc) is 1.65. The van der Waals surface area contributed by atoms with E-state index in [2.05, 4.69) is 5.32 Å². The Morgan fingerprint density at radius 2 is 2.14 bits per heavy atom. The Hall–Kier alpha value is 0.0934. The van der Waals surface area contributed by atoms with E-state index in [1.54, 1.807) is 7.05 Å². The smallest absolute Gasteiger partial charge is 0.219 e. The van der Waals surface area contributed by atoms with Gasteiger partial charge in [0.1, 0.15) is 0 Å². The summed E-state index contributed by atoms with van der Waals surface area (Å²) in [5, 5.41) is 2.48. The minimum atomic E-state index is 0. The van der Waals surface area contributed by atoms with E-state index >= 15 is 0 Å². The summed E-state index contributed by atoms with van der Waals surface area (Å²) in [7, 11) is 1.63. The van der Waals surface area contributed by atoms with Gasteiger partial charge in [0.15, 0.2) is 0 Å². The number of rotatable bonds is 1. The molecule has 0 bridgehead atoms. The van der Waals surface area contributed by atoms with Crippen LogP contribution in [-0.4, -0.2) is 13.0 Å². The SMILES string of the molecule is CCC(=O)NC.[Zn]. The molecule has 1 amide bonds. The number of hydrogen-bond donors (Lipinski definition) is 1. The summed E-state index contributed by atoms with van der Waals surface area (Å²) in [5.41, 5.74) is 0. The molecule has 7 heavy (non-hydrogen) atoms. The molecule has 0 aromatic carbocycles. The van der Waals surface area contributed by atoms with Crippen molar-refractivity contribution in [3.05, 3.63) is 0 Å². The Labute approximate surface area is 56.4 Å². The summed E-state index contributed by atoms with van der Waals surface area (Å²) < 4.78 is 0. The van der Waals surface area contributed by atoms with Gasteiger partial charge in [0, 0.05) is 32.9 Å². The van der Waals surface area contributed by atoms with Crippen molar-refractivity contribution in [1.29, 1.82) is 0 Å². The minimum absolute atomic E-state index is 0. The Morgan fingerprint density at radius 3 is 2.14 bits per heavy atom. The van der Waals surface area contributed by atoms with E-state index in [1.165, 1.54) is 0 Å². The fourth-order valence-electron chi connectivity index (χ4n) is 0.177. The van der Waals surface area contributed by atoms with Crippen LogP contribution < -0.4 is 5.32 Å². The molecular formula is C4H9NOZn. The number of amides is 1. The molecule has 0 atom stereocenters. The van der Waals surface area contributed by atoms with Crippen molar-refractivity contribution >= 4 is 5.91 Å². The molecule has 0 aromatic heterocycles. The molecule has 0 aliphatic rings. The van der Waals surface area contributed by atoms with E-state index in [-0.39, 0.29) is 25.4 Å². The van der Waals surface area contributed by atoms with Gasteiger partial charge in [-0.1, -0.05) is 6.92 Å². The molecule has 0 saturated carbocycles. The largest absolute Gasteiger partial charge is 0.359 e. The molecule has 38 valence electrons. The molecule has 0 aliphatic heterocycles. The summed E-state index contributed by atoms with van der Waals surface area (Å²) in [4.78, 5) is 10.1. The number of hydrogen-bond acceptors (Lipinski definition) is 1. The van der Waals surface area contributed by atoms with Crippen LogP contribution in [0.25, 0.3) is 0 Å². The maximum absolute atomic E-state index is 10.1. The first kappa shape index (κ1) is 10.2. The third-order valence-electron chi connectivity index (χ3n) is 0.600. The van der Waals surface area contributed by atoms with E-state index in [0.29, 0.717) is 6.42 Å². The first-order valence-electron chi connectivity index (χ1n) is 2.01. The van der Waals surface area contributed by atoms with Crippen LogP contribution in [0, 0.1) is 0 Å². The van der Waals surface area contributed by atoms with E-state index in [4.69, 9.17) is 0 Å². The first-order valence-corrected chi connectivity index (χ1v) is 2.01. The van der Waals surface area contributed by atoms with Crippen LogP contribution in [0.2, 0.25) is 0 Å². The Morgan fingerprint density at radius 1 is 1.71 bits per heavy atom. The summed E-state index contributed by atoms with van der Waals surface area (Å²) in [6.45, 7) is 1.82. The summed E-state index contributed by atoms with van der Waals surface area (Å²) in [6.07, 6.45) is 0.580. The van der Waals surface area contributed by atoms with Crippen molar-refractivity contribution in [2.75, 3.05) is 7.05 Å². The molecule has 0 rings (SSSR count). The zero-order valence-electron chi connectivity index (χ0n) is 4.82. The van der Waals surface area contributed by atoms with Crippen LogP contribution in [0.5, 0.6) is 0 Å². The van der Waals surface area contributed by atoms with Crippen LogP contribution >= 0.6 is 0 Å². The molecule has 1 N–H and O–H groups in total. The Kier molecular flexibility index (Phi) is 8.84. The number of carbonyl (C=O) groups is 1. The monoisotopic (exact) mass is 151 g/mol. The fourth-order valence-corrected chi connectivity index (χ4v) is 0.177. The molecule has 0 aromatic rings. The van der Waals surface area contributed by atoms with Crippen molar-refractivity contribution in [3.8, 4) is 0 Å². The van der Waals surface area contributed by atoms with Crippen LogP contribution in [-0.2, 0) is 24.3 Å². The molecule has 0 unspecified atom stereocenters. The van der Waals surface area contributed by atoms with Crippen molar-refractivity contribution in [1.82, 2.24) is 5.32 Å². The Balaban J connectivity index is 0. The summed E-state index contributed by atoms with van der Waals surface area (Å²) >= 11 is 0. The second-order valence-electron chi connectivity index (χ2n) is 1.03. The maximum atomic E-state index is 10.1. The molecule has 0 fully saturated rings. The predicted octanol–water partition coefficient (Wildman–Crippen LogP) is 0.140. The zero-order chi connectivity index (χ0) is 4.99. The molecule has 0 saturated heterocycles. The summed E-state index contributed by atoms with van der Waals surface area (Å²) in [6, 6.07) is 0.